The van der Waals surface area contributed by atoms with Gasteiger partial charge in [-0.15, -0.1) is 0 Å². The molecule has 0 aliphatic heterocycles. The Balaban J connectivity index is 1.94. The number of aromatic nitrogens is 2. The maximum Gasteiger partial charge on any atom is 0.411 e. The van der Waals surface area contributed by atoms with Crippen LogP contribution in [0.4, 0.5) is 10.5 Å². The van der Waals surface area contributed by atoms with E-state index >= 15 is 0 Å². The minimum Gasteiger partial charge on any atom is -0.450 e. The zero-order chi connectivity index (χ0) is 16.4. The number of nitrogens with zero attached hydrogens (tertiary/aromatic N) is 1. The van der Waals surface area contributed by atoms with Crippen molar-refractivity contribution in [2.24, 2.45) is 0 Å². The summed E-state index contributed by atoms with van der Waals surface area (Å²) in [6.45, 7) is 2.07. The number of carbonyl (C=O) groups excluding carboxylic acids is 1. The Bertz CT molecular complexity index is 877. The van der Waals surface area contributed by atoms with Gasteiger partial charge >= 0.3 is 6.09 Å². The van der Waals surface area contributed by atoms with Gasteiger partial charge in [0.2, 0.25) is 0 Å². The molecule has 0 spiro atoms. The van der Waals surface area contributed by atoms with Crippen molar-refractivity contribution in [1.29, 1.82) is 0 Å². The molecule has 118 valence electrons. The van der Waals surface area contributed by atoms with E-state index in [0.717, 1.165) is 16.6 Å². The number of carbonyl (C=O) groups is 1. The Kier molecular flexibility index (Phi) is 4.41. The fraction of sp³-hybridized carbons (Fsp3) is 0.125. The summed E-state index contributed by atoms with van der Waals surface area (Å²) in [4.78, 5) is 19.2. The number of hydrogen-bond donors (Lipinski definition) is 2. The van der Waals surface area contributed by atoms with E-state index in [9.17, 15) is 4.79 Å². The number of amides is 1. The molecular weight excluding hydrogens is 337 g/mol. The highest BCUT2D eigenvalue weighted by Crippen LogP contribution is 2.30. The Morgan fingerprint density at radius 3 is 2.83 bits per heavy atom. The third-order valence-corrected chi connectivity index (χ3v) is 3.74. The Morgan fingerprint density at radius 1 is 1.26 bits per heavy atom. The zero-order valence-corrected chi connectivity index (χ0v) is 13.7. The highest BCUT2D eigenvalue weighted by molar-refractivity contribution is 6.36. The molecule has 1 amide bonds. The first kappa shape index (κ1) is 15.6. The van der Waals surface area contributed by atoms with E-state index < -0.39 is 6.09 Å². The average molecular weight is 350 g/mol. The van der Waals surface area contributed by atoms with Crippen molar-refractivity contribution < 1.29 is 9.53 Å². The van der Waals surface area contributed by atoms with Gasteiger partial charge in [-0.1, -0.05) is 23.2 Å². The standard InChI is InChI=1S/C16H13Cl2N3O2/c1-2-23-16(22)19-10-4-6-13-14(8-10)21-15(20-13)11-5-3-9(17)7-12(11)18/h3-8H,2H2,1H3,(H,19,22)(H,20,21). The Labute approximate surface area is 142 Å². The molecule has 23 heavy (non-hydrogen) atoms. The molecule has 0 atom stereocenters. The molecule has 3 rings (SSSR count). The highest BCUT2D eigenvalue weighted by Gasteiger charge is 2.10. The molecule has 1 heterocycles. The molecule has 7 heteroatoms. The van der Waals surface area contributed by atoms with Crippen LogP contribution in [0, 0.1) is 0 Å². The molecule has 1 aromatic heterocycles. The van der Waals surface area contributed by atoms with E-state index in [4.69, 9.17) is 27.9 Å². The van der Waals surface area contributed by atoms with E-state index in [2.05, 4.69) is 15.3 Å². The smallest absolute Gasteiger partial charge is 0.411 e. The van der Waals surface area contributed by atoms with Crippen molar-refractivity contribution in [2.75, 3.05) is 11.9 Å². The van der Waals surface area contributed by atoms with E-state index in [1.807, 2.05) is 0 Å². The fourth-order valence-corrected chi connectivity index (χ4v) is 2.68. The second-order valence-corrected chi connectivity index (χ2v) is 5.63. The lowest BCUT2D eigenvalue weighted by atomic mass is 10.2. The van der Waals surface area contributed by atoms with Gasteiger partial charge in [-0.3, -0.25) is 5.32 Å². The van der Waals surface area contributed by atoms with Crippen LogP contribution in [0.25, 0.3) is 22.4 Å². The van der Waals surface area contributed by atoms with Crippen LogP contribution in [-0.2, 0) is 4.74 Å². The first-order valence-corrected chi connectivity index (χ1v) is 7.71. The van der Waals surface area contributed by atoms with Crippen LogP contribution in [0.5, 0.6) is 0 Å². The van der Waals surface area contributed by atoms with Crippen LogP contribution in [0.15, 0.2) is 36.4 Å². The second-order valence-electron chi connectivity index (χ2n) is 4.79. The van der Waals surface area contributed by atoms with Crippen LogP contribution in [0.3, 0.4) is 0 Å². The van der Waals surface area contributed by atoms with Crippen LogP contribution < -0.4 is 5.32 Å². The number of nitrogens with one attached hydrogen (secondary N) is 2. The Hall–Kier alpha value is -2.24. The van der Waals surface area contributed by atoms with Gasteiger partial charge in [-0.2, -0.15) is 0 Å². The highest BCUT2D eigenvalue weighted by atomic mass is 35.5. The summed E-state index contributed by atoms with van der Waals surface area (Å²) in [5.74, 6) is 0.634. The SMILES string of the molecule is CCOC(=O)Nc1ccc2nc(-c3ccc(Cl)cc3Cl)[nH]c2c1. The quantitative estimate of drug-likeness (QED) is 0.690. The van der Waals surface area contributed by atoms with Gasteiger partial charge in [0.25, 0.3) is 0 Å². The number of halogens is 2. The first-order chi connectivity index (χ1) is 11.1. The molecule has 0 aliphatic carbocycles. The van der Waals surface area contributed by atoms with Crippen LogP contribution in [-0.4, -0.2) is 22.7 Å². The van der Waals surface area contributed by atoms with Gasteiger partial charge < -0.3 is 9.72 Å². The van der Waals surface area contributed by atoms with Gasteiger partial charge in [0.15, 0.2) is 0 Å². The summed E-state index contributed by atoms with van der Waals surface area (Å²) in [5, 5.41) is 3.73. The third kappa shape index (κ3) is 3.41. The summed E-state index contributed by atoms with van der Waals surface area (Å²) >= 11 is 12.1. The van der Waals surface area contributed by atoms with Crippen molar-refractivity contribution in [2.45, 2.75) is 6.92 Å². The number of aromatic amines is 1. The van der Waals surface area contributed by atoms with Gasteiger partial charge in [0, 0.05) is 16.3 Å². The third-order valence-electron chi connectivity index (χ3n) is 3.19. The number of H-pyrrole nitrogens is 1. The molecule has 0 bridgehead atoms. The van der Waals surface area contributed by atoms with Crippen molar-refractivity contribution in [3.8, 4) is 11.4 Å². The molecule has 2 N–H and O–H groups in total. The Morgan fingerprint density at radius 2 is 2.09 bits per heavy atom. The zero-order valence-electron chi connectivity index (χ0n) is 12.2. The number of hydrogen-bond acceptors (Lipinski definition) is 3. The maximum atomic E-state index is 11.5. The summed E-state index contributed by atoms with van der Waals surface area (Å²) < 4.78 is 4.85. The summed E-state index contributed by atoms with van der Waals surface area (Å²) in [5.41, 5.74) is 2.92. The van der Waals surface area contributed by atoms with E-state index in [0.29, 0.717) is 28.2 Å². The number of imidazole rings is 1. The number of anilines is 1. The molecule has 0 unspecified atom stereocenters. The van der Waals surface area contributed by atoms with E-state index in [1.165, 1.54) is 0 Å². The fourth-order valence-electron chi connectivity index (χ4n) is 2.18. The number of benzene rings is 2. The van der Waals surface area contributed by atoms with E-state index in [1.54, 1.807) is 43.3 Å². The van der Waals surface area contributed by atoms with Crippen molar-refractivity contribution in [3.63, 3.8) is 0 Å². The molecule has 3 aromatic rings. The maximum absolute atomic E-state index is 11.5. The molecule has 5 nitrogen and oxygen atoms in total. The normalized spacial score (nSPS) is 10.7. The van der Waals surface area contributed by atoms with E-state index in [-0.39, 0.29) is 0 Å². The predicted octanol–water partition coefficient (Wildman–Crippen LogP) is 5.11. The number of ether oxygens (including phenoxy) is 1. The largest absolute Gasteiger partial charge is 0.450 e. The van der Waals surface area contributed by atoms with Gasteiger partial charge in [-0.05, 0) is 43.3 Å². The summed E-state index contributed by atoms with van der Waals surface area (Å²) in [6, 6.07) is 10.6. The second kappa shape index (κ2) is 6.48. The lowest BCUT2D eigenvalue weighted by Crippen LogP contribution is -2.13. The van der Waals surface area contributed by atoms with Crippen LogP contribution in [0.1, 0.15) is 6.92 Å². The first-order valence-electron chi connectivity index (χ1n) is 6.96. The van der Waals surface area contributed by atoms with Crippen molar-refractivity contribution in [3.05, 3.63) is 46.4 Å². The van der Waals surface area contributed by atoms with Gasteiger partial charge in [-0.25, -0.2) is 9.78 Å². The van der Waals surface area contributed by atoms with Gasteiger partial charge in [0.05, 0.1) is 22.7 Å². The molecule has 0 saturated carbocycles. The molecule has 0 aliphatic rings. The minimum atomic E-state index is -0.493. The topological polar surface area (TPSA) is 67.0 Å². The number of rotatable bonds is 3. The average Bonchev–Trinajstić information content (AvgIpc) is 2.90. The molecule has 0 saturated heterocycles. The molecular formula is C16H13Cl2N3O2. The molecule has 2 aromatic carbocycles. The lowest BCUT2D eigenvalue weighted by molar-refractivity contribution is 0.168. The van der Waals surface area contributed by atoms with Crippen molar-refractivity contribution >= 4 is 46.0 Å². The number of fused-ring (bicyclic) bond motifs is 1. The summed E-state index contributed by atoms with van der Waals surface area (Å²) in [6.07, 6.45) is -0.493. The predicted molar refractivity (Wildman–Crippen MR) is 92.2 cm³/mol. The van der Waals surface area contributed by atoms with Crippen molar-refractivity contribution in [1.82, 2.24) is 9.97 Å². The molecule has 0 fully saturated rings. The van der Waals surface area contributed by atoms with Gasteiger partial charge in [0.1, 0.15) is 5.82 Å². The van der Waals surface area contributed by atoms with Crippen LogP contribution >= 0.6 is 23.2 Å². The summed E-state index contributed by atoms with van der Waals surface area (Å²) in [7, 11) is 0. The molecule has 0 radical (unpaired) electrons. The van der Waals surface area contributed by atoms with Crippen LogP contribution in [0.2, 0.25) is 10.0 Å². The minimum absolute atomic E-state index is 0.317. The lowest BCUT2D eigenvalue weighted by Gasteiger charge is -2.04. The monoisotopic (exact) mass is 349 g/mol.